The molecule has 100 valence electrons. The molecule has 3 N–H and O–H groups in total. The number of ether oxygens (including phenoxy) is 1. The van der Waals surface area contributed by atoms with E-state index in [1.807, 2.05) is 44.2 Å². The average Bonchev–Trinajstić information content (AvgIpc) is 2.43. The molecular formula is C14H17N3O2. The van der Waals surface area contributed by atoms with E-state index in [1.165, 1.54) is 0 Å². The van der Waals surface area contributed by atoms with Gasteiger partial charge in [-0.25, -0.2) is 4.98 Å². The molecule has 0 radical (unpaired) electrons. The van der Waals surface area contributed by atoms with Gasteiger partial charge < -0.3 is 15.7 Å². The number of pyridine rings is 1. The smallest absolute Gasteiger partial charge is 0.145 e. The van der Waals surface area contributed by atoms with E-state index in [-0.39, 0.29) is 11.8 Å². The molecule has 1 unspecified atom stereocenters. The van der Waals surface area contributed by atoms with Crippen molar-refractivity contribution < 1.29 is 9.94 Å². The monoisotopic (exact) mass is 259 g/mol. The van der Waals surface area contributed by atoms with Crippen LogP contribution in [0.5, 0.6) is 5.75 Å². The Morgan fingerprint density at radius 1 is 1.42 bits per heavy atom. The van der Waals surface area contributed by atoms with E-state index in [0.29, 0.717) is 12.4 Å². The van der Waals surface area contributed by atoms with Gasteiger partial charge >= 0.3 is 0 Å². The van der Waals surface area contributed by atoms with Crippen molar-refractivity contribution in [2.45, 2.75) is 13.8 Å². The van der Waals surface area contributed by atoms with E-state index in [2.05, 4.69) is 10.1 Å². The van der Waals surface area contributed by atoms with Gasteiger partial charge in [0.15, 0.2) is 0 Å². The van der Waals surface area contributed by atoms with Gasteiger partial charge in [0.25, 0.3) is 0 Å². The van der Waals surface area contributed by atoms with Crippen LogP contribution in [0.3, 0.4) is 0 Å². The maximum Gasteiger partial charge on any atom is 0.145 e. The summed E-state index contributed by atoms with van der Waals surface area (Å²) >= 11 is 0. The van der Waals surface area contributed by atoms with Gasteiger partial charge in [-0.1, -0.05) is 30.3 Å². The Hall–Kier alpha value is -2.30. The number of amidine groups is 1. The number of hydrogen-bond donors (Lipinski definition) is 2. The summed E-state index contributed by atoms with van der Waals surface area (Å²) in [6.45, 7) is 4.11. The van der Waals surface area contributed by atoms with Crippen LogP contribution in [0.1, 0.15) is 12.6 Å². The van der Waals surface area contributed by atoms with E-state index in [0.717, 1.165) is 16.6 Å². The Kier molecular flexibility index (Phi) is 3.85. The quantitative estimate of drug-likeness (QED) is 0.382. The molecule has 0 saturated heterocycles. The Balaban J connectivity index is 2.23. The molecule has 5 nitrogen and oxygen atoms in total. The van der Waals surface area contributed by atoms with Gasteiger partial charge in [-0.15, -0.1) is 0 Å². The van der Waals surface area contributed by atoms with E-state index >= 15 is 0 Å². The van der Waals surface area contributed by atoms with Crippen molar-refractivity contribution in [1.82, 2.24) is 4.98 Å². The highest BCUT2D eigenvalue weighted by Crippen LogP contribution is 2.24. The lowest BCUT2D eigenvalue weighted by Gasteiger charge is -2.13. The van der Waals surface area contributed by atoms with E-state index in [1.54, 1.807) is 0 Å². The van der Waals surface area contributed by atoms with Crippen LogP contribution in [-0.2, 0) is 0 Å². The lowest BCUT2D eigenvalue weighted by atomic mass is 10.1. The Morgan fingerprint density at radius 2 is 2.21 bits per heavy atom. The molecular weight excluding hydrogens is 242 g/mol. The third-order valence-electron chi connectivity index (χ3n) is 2.93. The molecule has 2 aromatic rings. The second-order valence-electron chi connectivity index (χ2n) is 4.52. The molecule has 1 atom stereocenters. The van der Waals surface area contributed by atoms with Gasteiger partial charge in [-0.05, 0) is 19.1 Å². The predicted octanol–water partition coefficient (Wildman–Crippen LogP) is 2.30. The van der Waals surface area contributed by atoms with E-state index in [4.69, 9.17) is 15.7 Å². The van der Waals surface area contributed by atoms with Crippen LogP contribution in [0.4, 0.5) is 0 Å². The van der Waals surface area contributed by atoms with Gasteiger partial charge in [-0.3, -0.25) is 0 Å². The molecule has 0 aliphatic carbocycles. The summed E-state index contributed by atoms with van der Waals surface area (Å²) in [7, 11) is 0. The fraction of sp³-hybridized carbons (Fsp3) is 0.286. The number of hydrogen-bond acceptors (Lipinski definition) is 4. The largest absolute Gasteiger partial charge is 0.491 e. The highest BCUT2D eigenvalue weighted by molar-refractivity contribution is 5.85. The van der Waals surface area contributed by atoms with E-state index in [9.17, 15) is 0 Å². The first-order valence-corrected chi connectivity index (χ1v) is 6.08. The molecule has 0 spiro atoms. The topological polar surface area (TPSA) is 80.7 Å². The number of rotatable bonds is 4. The number of nitrogens with two attached hydrogens (primary N) is 1. The van der Waals surface area contributed by atoms with Crippen LogP contribution in [0.2, 0.25) is 0 Å². The molecule has 0 aliphatic rings. The van der Waals surface area contributed by atoms with Crippen LogP contribution in [0.15, 0.2) is 35.5 Å². The summed E-state index contributed by atoms with van der Waals surface area (Å²) in [6, 6.07) is 9.75. The van der Waals surface area contributed by atoms with Crippen LogP contribution < -0.4 is 10.5 Å². The molecule has 1 heterocycles. The zero-order chi connectivity index (χ0) is 13.8. The third kappa shape index (κ3) is 2.93. The van der Waals surface area contributed by atoms with Gasteiger partial charge in [0.05, 0.1) is 12.5 Å². The molecule has 5 heteroatoms. The number of aryl methyl sites for hydroxylation is 1. The highest BCUT2D eigenvalue weighted by Gasteiger charge is 2.10. The van der Waals surface area contributed by atoms with Crippen molar-refractivity contribution >= 4 is 16.7 Å². The van der Waals surface area contributed by atoms with Crippen LogP contribution in [0, 0.1) is 12.8 Å². The lowest BCUT2D eigenvalue weighted by Crippen LogP contribution is -2.26. The molecule has 19 heavy (non-hydrogen) atoms. The van der Waals surface area contributed by atoms with Crippen molar-refractivity contribution in [3.63, 3.8) is 0 Å². The predicted molar refractivity (Wildman–Crippen MR) is 74.5 cm³/mol. The maximum atomic E-state index is 8.61. The molecule has 0 saturated carbocycles. The van der Waals surface area contributed by atoms with Crippen molar-refractivity contribution in [3.8, 4) is 5.75 Å². The first-order chi connectivity index (χ1) is 9.11. The first kappa shape index (κ1) is 13.1. The number of oxime groups is 1. The summed E-state index contributed by atoms with van der Waals surface area (Å²) < 4.78 is 5.72. The zero-order valence-corrected chi connectivity index (χ0v) is 11.0. The first-order valence-electron chi connectivity index (χ1n) is 6.08. The number of para-hydroxylation sites is 1. The number of aromatic nitrogens is 1. The molecule has 1 aromatic carbocycles. The molecule has 1 aromatic heterocycles. The van der Waals surface area contributed by atoms with Crippen LogP contribution >= 0.6 is 0 Å². The fourth-order valence-corrected chi connectivity index (χ4v) is 1.73. The fourth-order valence-electron chi connectivity index (χ4n) is 1.73. The van der Waals surface area contributed by atoms with E-state index < -0.39 is 0 Å². The molecule has 0 bridgehead atoms. The van der Waals surface area contributed by atoms with Crippen molar-refractivity contribution in [2.24, 2.45) is 16.8 Å². The Morgan fingerprint density at radius 3 is 2.95 bits per heavy atom. The minimum absolute atomic E-state index is 0.157. The van der Waals surface area contributed by atoms with Crippen molar-refractivity contribution in [2.75, 3.05) is 6.61 Å². The maximum absolute atomic E-state index is 8.61. The molecule has 0 fully saturated rings. The second-order valence-corrected chi connectivity index (χ2v) is 4.52. The highest BCUT2D eigenvalue weighted by atomic mass is 16.5. The van der Waals surface area contributed by atoms with Crippen LogP contribution in [0.25, 0.3) is 10.9 Å². The molecule has 0 aliphatic heterocycles. The summed E-state index contributed by atoms with van der Waals surface area (Å²) in [5.74, 6) is 0.702. The summed E-state index contributed by atoms with van der Waals surface area (Å²) in [5, 5.41) is 12.6. The number of fused-ring (bicyclic) bond motifs is 1. The van der Waals surface area contributed by atoms with Crippen molar-refractivity contribution in [3.05, 3.63) is 36.0 Å². The lowest BCUT2D eigenvalue weighted by molar-refractivity contribution is 0.281. The molecule has 0 amide bonds. The SMILES string of the molecule is Cc1ccc2cccc(OCC(C)/C(N)=N/O)c2n1. The molecule has 2 rings (SSSR count). The van der Waals surface area contributed by atoms with Crippen molar-refractivity contribution in [1.29, 1.82) is 0 Å². The van der Waals surface area contributed by atoms with Gasteiger partial charge in [0, 0.05) is 11.1 Å². The summed E-state index contributed by atoms with van der Waals surface area (Å²) in [6.07, 6.45) is 0. The van der Waals surface area contributed by atoms with Gasteiger partial charge in [0.1, 0.15) is 17.1 Å². The summed E-state index contributed by atoms with van der Waals surface area (Å²) in [5.41, 5.74) is 7.29. The Bertz CT molecular complexity index is 611. The normalized spacial score (nSPS) is 13.5. The summed E-state index contributed by atoms with van der Waals surface area (Å²) in [4.78, 5) is 4.48. The Labute approximate surface area is 111 Å². The average molecular weight is 259 g/mol. The number of benzene rings is 1. The van der Waals surface area contributed by atoms with Gasteiger partial charge in [-0.2, -0.15) is 0 Å². The minimum Gasteiger partial charge on any atom is -0.491 e. The minimum atomic E-state index is -0.162. The number of nitrogens with zero attached hydrogens (tertiary/aromatic N) is 2. The second kappa shape index (κ2) is 5.56. The van der Waals surface area contributed by atoms with Gasteiger partial charge in [0.2, 0.25) is 0 Å². The zero-order valence-electron chi connectivity index (χ0n) is 11.0. The standard InChI is InChI=1S/C14H17N3O2/c1-9(14(15)17-18)8-19-12-5-3-4-11-7-6-10(2)16-13(11)12/h3-7,9,18H,8H2,1-2H3,(H2,15,17). The van der Waals surface area contributed by atoms with Crippen LogP contribution in [-0.4, -0.2) is 22.6 Å². The third-order valence-corrected chi connectivity index (χ3v) is 2.93.